The highest BCUT2D eigenvalue weighted by Gasteiger charge is 2.04. The van der Waals surface area contributed by atoms with Gasteiger partial charge in [-0.25, -0.2) is 0 Å². The summed E-state index contributed by atoms with van der Waals surface area (Å²) in [5.41, 5.74) is 0. The third-order valence-electron chi connectivity index (χ3n) is 4.11. The summed E-state index contributed by atoms with van der Waals surface area (Å²) in [6.07, 6.45) is 10.5. The molecule has 1 nitrogen and oxygen atoms in total. The lowest BCUT2D eigenvalue weighted by atomic mass is 9.98. The summed E-state index contributed by atoms with van der Waals surface area (Å²) >= 11 is 0. The Hall–Kier alpha value is -0.0400. The van der Waals surface area contributed by atoms with Gasteiger partial charge in [0, 0.05) is 13.2 Å². The summed E-state index contributed by atoms with van der Waals surface area (Å²) in [4.78, 5) is 0. The molecule has 0 N–H and O–H groups in total. The Bertz CT molecular complexity index is 120. The molecule has 0 fully saturated rings. The number of hydrogen-bond donors (Lipinski definition) is 0. The zero-order valence-electron chi connectivity index (χ0n) is 12.6. The average molecular weight is 242 g/mol. The fraction of sp³-hybridized carbons (Fsp3) is 1.00. The van der Waals surface area contributed by atoms with Gasteiger partial charge in [-0.05, 0) is 37.5 Å². The number of rotatable bonds is 12. The van der Waals surface area contributed by atoms with Crippen LogP contribution in [-0.2, 0) is 4.74 Å². The normalized spacial score (nSPS) is 11.6. The predicted octanol–water partition coefficient (Wildman–Crippen LogP) is 5.44. The molecule has 0 aromatic rings. The topological polar surface area (TPSA) is 9.23 Å². The molecule has 0 rings (SSSR count). The second-order valence-electron chi connectivity index (χ2n) is 5.26. The van der Waals surface area contributed by atoms with E-state index >= 15 is 0 Å². The molecule has 0 saturated heterocycles. The van der Waals surface area contributed by atoms with Gasteiger partial charge < -0.3 is 4.74 Å². The van der Waals surface area contributed by atoms with Crippen molar-refractivity contribution in [1.82, 2.24) is 0 Å². The smallest absolute Gasteiger partial charge is 0.0466 e. The Kier molecular flexibility index (Phi) is 12.4. The second-order valence-corrected chi connectivity index (χ2v) is 5.26. The van der Waals surface area contributed by atoms with Crippen molar-refractivity contribution < 1.29 is 4.74 Å². The SMILES string of the molecule is CCC(CC)CCCOCCCC(CC)CC. The quantitative estimate of drug-likeness (QED) is 0.414. The molecule has 0 saturated carbocycles. The van der Waals surface area contributed by atoms with Crippen molar-refractivity contribution in [3.63, 3.8) is 0 Å². The van der Waals surface area contributed by atoms with E-state index in [4.69, 9.17) is 4.74 Å². The van der Waals surface area contributed by atoms with Crippen LogP contribution in [0.1, 0.15) is 79.1 Å². The first kappa shape index (κ1) is 17.0. The highest BCUT2D eigenvalue weighted by molar-refractivity contribution is 4.56. The fourth-order valence-electron chi connectivity index (χ4n) is 2.44. The second kappa shape index (κ2) is 12.4. The van der Waals surface area contributed by atoms with Crippen LogP contribution in [0.15, 0.2) is 0 Å². The van der Waals surface area contributed by atoms with Gasteiger partial charge >= 0.3 is 0 Å². The van der Waals surface area contributed by atoms with Crippen molar-refractivity contribution in [2.24, 2.45) is 11.8 Å². The van der Waals surface area contributed by atoms with Gasteiger partial charge in [-0.1, -0.05) is 53.4 Å². The molecule has 0 amide bonds. The summed E-state index contributed by atoms with van der Waals surface area (Å²) in [6, 6.07) is 0. The summed E-state index contributed by atoms with van der Waals surface area (Å²) in [7, 11) is 0. The Morgan fingerprint density at radius 3 is 1.29 bits per heavy atom. The van der Waals surface area contributed by atoms with Crippen molar-refractivity contribution in [1.29, 1.82) is 0 Å². The molecule has 0 aliphatic heterocycles. The van der Waals surface area contributed by atoms with Crippen molar-refractivity contribution in [3.05, 3.63) is 0 Å². The van der Waals surface area contributed by atoms with Gasteiger partial charge in [0.2, 0.25) is 0 Å². The first-order chi connectivity index (χ1) is 8.28. The van der Waals surface area contributed by atoms with E-state index in [1.807, 2.05) is 0 Å². The molecule has 0 radical (unpaired) electrons. The van der Waals surface area contributed by atoms with Gasteiger partial charge in [0.25, 0.3) is 0 Å². The third kappa shape index (κ3) is 9.64. The molecule has 0 atom stereocenters. The van der Waals surface area contributed by atoms with Crippen LogP contribution in [0.2, 0.25) is 0 Å². The van der Waals surface area contributed by atoms with E-state index in [1.165, 1.54) is 51.4 Å². The molecule has 0 bridgehead atoms. The molecule has 1 heteroatoms. The van der Waals surface area contributed by atoms with Crippen molar-refractivity contribution >= 4 is 0 Å². The fourth-order valence-corrected chi connectivity index (χ4v) is 2.44. The van der Waals surface area contributed by atoms with Crippen LogP contribution in [0.5, 0.6) is 0 Å². The standard InChI is InChI=1S/C16H34O/c1-5-15(6-2)11-9-13-17-14-10-12-16(7-3)8-4/h15-16H,5-14H2,1-4H3. The maximum Gasteiger partial charge on any atom is 0.0466 e. The van der Waals surface area contributed by atoms with Crippen LogP contribution in [0.25, 0.3) is 0 Å². The van der Waals surface area contributed by atoms with E-state index in [0.29, 0.717) is 0 Å². The van der Waals surface area contributed by atoms with Gasteiger partial charge in [0.05, 0.1) is 0 Å². The van der Waals surface area contributed by atoms with E-state index < -0.39 is 0 Å². The zero-order valence-corrected chi connectivity index (χ0v) is 12.6. The molecular weight excluding hydrogens is 208 g/mol. The minimum absolute atomic E-state index is 0.920. The summed E-state index contributed by atoms with van der Waals surface area (Å²) in [6.45, 7) is 11.1. The zero-order chi connectivity index (χ0) is 12.9. The lowest BCUT2D eigenvalue weighted by molar-refractivity contribution is 0.119. The van der Waals surface area contributed by atoms with Crippen LogP contribution in [-0.4, -0.2) is 13.2 Å². The van der Waals surface area contributed by atoms with E-state index in [9.17, 15) is 0 Å². The van der Waals surface area contributed by atoms with Crippen LogP contribution in [0.3, 0.4) is 0 Å². The van der Waals surface area contributed by atoms with Crippen LogP contribution >= 0.6 is 0 Å². The lowest BCUT2D eigenvalue weighted by Crippen LogP contribution is -2.04. The molecular formula is C16H34O. The van der Waals surface area contributed by atoms with Gasteiger partial charge in [-0.2, -0.15) is 0 Å². The highest BCUT2D eigenvalue weighted by atomic mass is 16.5. The molecule has 0 heterocycles. The van der Waals surface area contributed by atoms with Crippen molar-refractivity contribution in [2.45, 2.75) is 79.1 Å². The Morgan fingerprint density at radius 2 is 1.00 bits per heavy atom. The van der Waals surface area contributed by atoms with Gasteiger partial charge in [-0.3, -0.25) is 0 Å². The monoisotopic (exact) mass is 242 g/mol. The van der Waals surface area contributed by atoms with Crippen LogP contribution in [0, 0.1) is 11.8 Å². The first-order valence-corrected chi connectivity index (χ1v) is 7.86. The van der Waals surface area contributed by atoms with Gasteiger partial charge in [0.1, 0.15) is 0 Å². The van der Waals surface area contributed by atoms with Crippen LogP contribution in [0.4, 0.5) is 0 Å². The molecule has 0 spiro atoms. The minimum atomic E-state index is 0.920. The van der Waals surface area contributed by atoms with Crippen molar-refractivity contribution in [2.75, 3.05) is 13.2 Å². The maximum absolute atomic E-state index is 5.71. The highest BCUT2D eigenvalue weighted by Crippen LogP contribution is 2.16. The van der Waals surface area contributed by atoms with Crippen molar-refractivity contribution in [3.8, 4) is 0 Å². The van der Waals surface area contributed by atoms with E-state index in [2.05, 4.69) is 27.7 Å². The molecule has 17 heavy (non-hydrogen) atoms. The largest absolute Gasteiger partial charge is 0.381 e. The minimum Gasteiger partial charge on any atom is -0.381 e. The molecule has 0 aromatic heterocycles. The van der Waals surface area contributed by atoms with Gasteiger partial charge in [-0.15, -0.1) is 0 Å². The van der Waals surface area contributed by atoms with Crippen LogP contribution < -0.4 is 0 Å². The van der Waals surface area contributed by atoms with E-state index in [1.54, 1.807) is 0 Å². The maximum atomic E-state index is 5.71. The lowest BCUT2D eigenvalue weighted by Gasteiger charge is -2.13. The summed E-state index contributed by atoms with van der Waals surface area (Å²) in [5.74, 6) is 1.84. The Balaban J connectivity index is 3.23. The van der Waals surface area contributed by atoms with E-state index in [0.717, 1.165) is 25.0 Å². The number of hydrogen-bond acceptors (Lipinski definition) is 1. The van der Waals surface area contributed by atoms with E-state index in [-0.39, 0.29) is 0 Å². The summed E-state index contributed by atoms with van der Waals surface area (Å²) < 4.78 is 5.71. The molecule has 0 aromatic carbocycles. The molecule has 0 aliphatic carbocycles. The number of ether oxygens (including phenoxy) is 1. The predicted molar refractivity (Wildman–Crippen MR) is 77.4 cm³/mol. The average Bonchev–Trinajstić information content (AvgIpc) is 2.37. The first-order valence-electron chi connectivity index (χ1n) is 7.86. The Morgan fingerprint density at radius 1 is 0.647 bits per heavy atom. The molecule has 0 aliphatic rings. The Labute approximate surface area is 109 Å². The van der Waals surface area contributed by atoms with Gasteiger partial charge in [0.15, 0.2) is 0 Å². The third-order valence-corrected chi connectivity index (χ3v) is 4.11. The molecule has 0 unspecified atom stereocenters. The summed E-state index contributed by atoms with van der Waals surface area (Å²) in [5, 5.41) is 0. The molecule has 104 valence electrons.